The Bertz CT molecular complexity index is 451. The fourth-order valence-corrected chi connectivity index (χ4v) is 2.74. The minimum Gasteiger partial charge on any atom is -0.328 e. The zero-order valence-electron chi connectivity index (χ0n) is 12.4. The van der Waals surface area contributed by atoms with Gasteiger partial charge in [0.05, 0.1) is 0 Å². The van der Waals surface area contributed by atoms with Crippen LogP contribution in [0.3, 0.4) is 0 Å². The van der Waals surface area contributed by atoms with Crippen molar-refractivity contribution in [2.24, 2.45) is 11.7 Å². The highest BCUT2D eigenvalue weighted by molar-refractivity contribution is 5.92. The SMILES string of the molecule is CN(C)Cc1cccc(NC(=O)C2CCC(N)CC2)c1. The fourth-order valence-electron chi connectivity index (χ4n) is 2.74. The molecule has 1 amide bonds. The van der Waals surface area contributed by atoms with Crippen LogP contribution in [0.4, 0.5) is 5.69 Å². The first-order valence-corrected chi connectivity index (χ1v) is 7.34. The minimum atomic E-state index is 0.118. The molecule has 0 bridgehead atoms. The van der Waals surface area contributed by atoms with E-state index in [1.165, 1.54) is 5.56 Å². The van der Waals surface area contributed by atoms with Gasteiger partial charge in [0.25, 0.3) is 0 Å². The number of hydrogen-bond acceptors (Lipinski definition) is 3. The Kier molecular flexibility index (Phi) is 5.15. The topological polar surface area (TPSA) is 58.4 Å². The summed E-state index contributed by atoms with van der Waals surface area (Å²) in [5.41, 5.74) is 7.98. The van der Waals surface area contributed by atoms with Crippen LogP contribution in [0, 0.1) is 5.92 Å². The molecule has 4 heteroatoms. The number of carbonyl (C=O) groups is 1. The van der Waals surface area contributed by atoms with E-state index in [-0.39, 0.29) is 17.9 Å². The van der Waals surface area contributed by atoms with Crippen molar-refractivity contribution in [3.05, 3.63) is 29.8 Å². The predicted octanol–water partition coefficient (Wildman–Crippen LogP) is 2.20. The van der Waals surface area contributed by atoms with Crippen LogP contribution in [0.2, 0.25) is 0 Å². The summed E-state index contributed by atoms with van der Waals surface area (Å²) in [5, 5.41) is 3.04. The van der Waals surface area contributed by atoms with Crippen LogP contribution < -0.4 is 11.1 Å². The Hall–Kier alpha value is -1.39. The van der Waals surface area contributed by atoms with Crippen LogP contribution in [0.1, 0.15) is 31.2 Å². The van der Waals surface area contributed by atoms with Crippen molar-refractivity contribution in [1.29, 1.82) is 0 Å². The van der Waals surface area contributed by atoms with Crippen LogP contribution in [-0.2, 0) is 11.3 Å². The Labute approximate surface area is 121 Å². The summed E-state index contributed by atoms with van der Waals surface area (Å²) in [6, 6.07) is 8.35. The zero-order chi connectivity index (χ0) is 14.5. The molecular formula is C16H25N3O. The maximum absolute atomic E-state index is 12.2. The van der Waals surface area contributed by atoms with Gasteiger partial charge in [0.1, 0.15) is 0 Å². The molecule has 3 N–H and O–H groups in total. The Balaban J connectivity index is 1.93. The Morgan fingerprint density at radius 3 is 2.65 bits per heavy atom. The number of anilines is 1. The molecule has 20 heavy (non-hydrogen) atoms. The van der Waals surface area contributed by atoms with Gasteiger partial charge >= 0.3 is 0 Å². The second-order valence-corrected chi connectivity index (χ2v) is 6.04. The number of nitrogens with zero attached hydrogens (tertiary/aromatic N) is 1. The van der Waals surface area contributed by atoms with Gasteiger partial charge in [0.2, 0.25) is 5.91 Å². The minimum absolute atomic E-state index is 0.118. The van der Waals surface area contributed by atoms with E-state index in [1.54, 1.807) is 0 Å². The molecule has 1 aromatic rings. The molecule has 0 aliphatic heterocycles. The van der Waals surface area contributed by atoms with Gasteiger partial charge in [0, 0.05) is 24.2 Å². The summed E-state index contributed by atoms with van der Waals surface area (Å²) in [4.78, 5) is 14.4. The second kappa shape index (κ2) is 6.86. The van der Waals surface area contributed by atoms with Crippen LogP contribution in [-0.4, -0.2) is 30.9 Å². The zero-order valence-corrected chi connectivity index (χ0v) is 12.4. The van der Waals surface area contributed by atoms with Crippen molar-refractivity contribution >= 4 is 11.6 Å². The third kappa shape index (κ3) is 4.32. The molecule has 1 aliphatic carbocycles. The molecule has 2 rings (SSSR count). The van der Waals surface area contributed by atoms with Gasteiger partial charge in [0.15, 0.2) is 0 Å². The molecule has 0 unspecified atom stereocenters. The highest BCUT2D eigenvalue weighted by atomic mass is 16.1. The molecule has 110 valence electrons. The maximum Gasteiger partial charge on any atom is 0.227 e. The lowest BCUT2D eigenvalue weighted by molar-refractivity contribution is -0.120. The summed E-state index contributed by atoms with van der Waals surface area (Å²) in [6.07, 6.45) is 3.73. The molecule has 1 aliphatic rings. The molecule has 4 nitrogen and oxygen atoms in total. The Morgan fingerprint density at radius 1 is 1.30 bits per heavy atom. The quantitative estimate of drug-likeness (QED) is 0.885. The fraction of sp³-hybridized carbons (Fsp3) is 0.562. The first kappa shape index (κ1) is 15.0. The highest BCUT2D eigenvalue weighted by Gasteiger charge is 2.24. The summed E-state index contributed by atoms with van der Waals surface area (Å²) in [5.74, 6) is 0.256. The number of rotatable bonds is 4. The van der Waals surface area contributed by atoms with E-state index in [9.17, 15) is 4.79 Å². The van der Waals surface area contributed by atoms with E-state index in [2.05, 4.69) is 16.3 Å². The molecular weight excluding hydrogens is 250 g/mol. The summed E-state index contributed by atoms with van der Waals surface area (Å²) in [7, 11) is 4.08. The summed E-state index contributed by atoms with van der Waals surface area (Å²) < 4.78 is 0. The maximum atomic E-state index is 12.2. The molecule has 0 heterocycles. The van der Waals surface area contributed by atoms with E-state index in [0.717, 1.165) is 37.9 Å². The number of carbonyl (C=O) groups excluding carboxylic acids is 1. The predicted molar refractivity (Wildman–Crippen MR) is 82.4 cm³/mol. The van der Waals surface area contributed by atoms with Crippen molar-refractivity contribution in [3.63, 3.8) is 0 Å². The van der Waals surface area contributed by atoms with E-state index < -0.39 is 0 Å². The third-order valence-electron chi connectivity index (χ3n) is 3.84. The van der Waals surface area contributed by atoms with Gasteiger partial charge < -0.3 is 16.0 Å². The van der Waals surface area contributed by atoms with Crippen LogP contribution in [0.25, 0.3) is 0 Å². The lowest BCUT2D eigenvalue weighted by Gasteiger charge is -2.25. The summed E-state index contributed by atoms with van der Waals surface area (Å²) in [6.45, 7) is 0.877. The van der Waals surface area contributed by atoms with Crippen molar-refractivity contribution in [3.8, 4) is 0 Å². The van der Waals surface area contributed by atoms with Gasteiger partial charge in [-0.05, 0) is 57.5 Å². The smallest absolute Gasteiger partial charge is 0.227 e. The summed E-state index contributed by atoms with van der Waals surface area (Å²) >= 11 is 0. The monoisotopic (exact) mass is 275 g/mol. The number of nitrogens with one attached hydrogen (secondary N) is 1. The highest BCUT2D eigenvalue weighted by Crippen LogP contribution is 2.24. The largest absolute Gasteiger partial charge is 0.328 e. The first-order chi connectivity index (χ1) is 9.54. The first-order valence-electron chi connectivity index (χ1n) is 7.34. The van der Waals surface area contributed by atoms with Crippen LogP contribution in [0.15, 0.2) is 24.3 Å². The van der Waals surface area contributed by atoms with E-state index in [0.29, 0.717) is 0 Å². The molecule has 0 spiro atoms. The number of hydrogen-bond donors (Lipinski definition) is 2. The molecule has 0 aromatic heterocycles. The molecule has 1 saturated carbocycles. The molecule has 0 saturated heterocycles. The lowest BCUT2D eigenvalue weighted by Crippen LogP contribution is -2.32. The van der Waals surface area contributed by atoms with E-state index in [4.69, 9.17) is 5.73 Å². The number of amides is 1. The molecule has 1 aromatic carbocycles. The molecule has 0 atom stereocenters. The average molecular weight is 275 g/mol. The molecule has 0 radical (unpaired) electrons. The standard InChI is InChI=1S/C16H25N3O/c1-19(2)11-12-4-3-5-15(10-12)18-16(20)13-6-8-14(17)9-7-13/h3-5,10,13-14H,6-9,11,17H2,1-2H3,(H,18,20). The van der Waals surface area contributed by atoms with Gasteiger partial charge in [-0.15, -0.1) is 0 Å². The van der Waals surface area contributed by atoms with Crippen molar-refractivity contribution < 1.29 is 4.79 Å². The van der Waals surface area contributed by atoms with Gasteiger partial charge in [-0.3, -0.25) is 4.79 Å². The van der Waals surface area contributed by atoms with Crippen molar-refractivity contribution in [2.75, 3.05) is 19.4 Å². The average Bonchev–Trinajstić information content (AvgIpc) is 2.39. The lowest BCUT2D eigenvalue weighted by atomic mass is 9.86. The van der Waals surface area contributed by atoms with E-state index >= 15 is 0 Å². The Morgan fingerprint density at radius 2 is 2.00 bits per heavy atom. The van der Waals surface area contributed by atoms with Gasteiger partial charge in [-0.2, -0.15) is 0 Å². The third-order valence-corrected chi connectivity index (χ3v) is 3.84. The van der Waals surface area contributed by atoms with Crippen LogP contribution >= 0.6 is 0 Å². The van der Waals surface area contributed by atoms with Crippen molar-refractivity contribution in [2.45, 2.75) is 38.3 Å². The van der Waals surface area contributed by atoms with Crippen molar-refractivity contribution in [1.82, 2.24) is 4.90 Å². The van der Waals surface area contributed by atoms with Gasteiger partial charge in [-0.25, -0.2) is 0 Å². The normalized spacial score (nSPS) is 22.8. The van der Waals surface area contributed by atoms with Crippen LogP contribution in [0.5, 0.6) is 0 Å². The number of benzene rings is 1. The number of nitrogens with two attached hydrogens (primary N) is 1. The van der Waals surface area contributed by atoms with E-state index in [1.807, 2.05) is 32.3 Å². The molecule has 1 fully saturated rings. The van der Waals surface area contributed by atoms with Gasteiger partial charge in [-0.1, -0.05) is 12.1 Å². The second-order valence-electron chi connectivity index (χ2n) is 6.04.